The van der Waals surface area contributed by atoms with Crippen molar-refractivity contribution in [2.75, 3.05) is 25.0 Å². The van der Waals surface area contributed by atoms with Gasteiger partial charge >= 0.3 is 0 Å². The minimum atomic E-state index is -0.156. The monoisotopic (exact) mass is 370 g/mol. The van der Waals surface area contributed by atoms with Gasteiger partial charge in [0.1, 0.15) is 5.82 Å². The first-order valence-electron chi connectivity index (χ1n) is 9.77. The first-order chi connectivity index (χ1) is 13.1. The molecule has 2 aromatic rings. The second-order valence-electron chi connectivity index (χ2n) is 7.78. The number of halogens is 1. The highest BCUT2D eigenvalue weighted by Gasteiger charge is 2.40. The number of benzene rings is 1. The fraction of sp³-hybridized carbons (Fsp3) is 0.524. The van der Waals surface area contributed by atoms with E-state index in [0.29, 0.717) is 12.0 Å². The van der Waals surface area contributed by atoms with Crippen LogP contribution in [0.3, 0.4) is 0 Å². The van der Waals surface area contributed by atoms with Crippen LogP contribution in [-0.2, 0) is 11.3 Å². The van der Waals surface area contributed by atoms with E-state index in [9.17, 15) is 4.39 Å². The third kappa shape index (κ3) is 4.45. The largest absolute Gasteiger partial charge is 0.375 e. The van der Waals surface area contributed by atoms with Crippen molar-refractivity contribution in [3.05, 3.63) is 53.6 Å². The standard InChI is InChI=1S/C21H27FN4O/c1-16-3-4-18(22)13-17(16)15-26-10-6-21(7-11-26)14-19(5-12-27-21)25-20-23-8-2-9-24-20/h2-4,8-9,13,19H,5-7,10-12,14-15H2,1H3,(H,23,24,25)/t19-/m0/s1. The number of hydrogen-bond acceptors (Lipinski definition) is 5. The average molecular weight is 370 g/mol. The molecule has 1 N–H and O–H groups in total. The maximum atomic E-state index is 13.6. The van der Waals surface area contributed by atoms with Crippen molar-refractivity contribution in [2.24, 2.45) is 0 Å². The van der Waals surface area contributed by atoms with Crippen molar-refractivity contribution in [1.29, 1.82) is 0 Å². The van der Waals surface area contributed by atoms with Crippen molar-refractivity contribution in [1.82, 2.24) is 14.9 Å². The summed E-state index contributed by atoms with van der Waals surface area (Å²) in [4.78, 5) is 11.0. The van der Waals surface area contributed by atoms with E-state index in [4.69, 9.17) is 4.74 Å². The lowest BCUT2D eigenvalue weighted by Gasteiger charge is -2.46. The molecule has 144 valence electrons. The van der Waals surface area contributed by atoms with Gasteiger partial charge in [-0.2, -0.15) is 0 Å². The third-order valence-electron chi connectivity index (χ3n) is 5.86. The van der Waals surface area contributed by atoms with E-state index in [-0.39, 0.29) is 11.4 Å². The van der Waals surface area contributed by atoms with Crippen molar-refractivity contribution in [2.45, 2.75) is 50.8 Å². The number of anilines is 1. The van der Waals surface area contributed by atoms with Crippen LogP contribution in [-0.4, -0.2) is 46.2 Å². The van der Waals surface area contributed by atoms with Gasteiger partial charge < -0.3 is 10.1 Å². The summed E-state index contributed by atoms with van der Waals surface area (Å²) in [6.45, 7) is 5.58. The van der Waals surface area contributed by atoms with Crippen molar-refractivity contribution in [3.63, 3.8) is 0 Å². The van der Waals surface area contributed by atoms with Gasteiger partial charge in [-0.25, -0.2) is 14.4 Å². The van der Waals surface area contributed by atoms with Crippen molar-refractivity contribution < 1.29 is 9.13 Å². The van der Waals surface area contributed by atoms with Crippen molar-refractivity contribution >= 4 is 5.95 Å². The molecule has 27 heavy (non-hydrogen) atoms. The molecule has 1 aromatic carbocycles. The molecule has 3 heterocycles. The average Bonchev–Trinajstić information content (AvgIpc) is 2.68. The van der Waals surface area contributed by atoms with E-state index in [1.807, 2.05) is 19.1 Å². The molecule has 2 aliphatic heterocycles. The van der Waals surface area contributed by atoms with Gasteiger partial charge in [-0.05, 0) is 61.9 Å². The number of piperidine rings is 1. The predicted octanol–water partition coefficient (Wildman–Crippen LogP) is 3.55. The Kier molecular flexibility index (Phi) is 5.36. The van der Waals surface area contributed by atoms with Gasteiger partial charge in [0.25, 0.3) is 0 Å². The zero-order valence-corrected chi connectivity index (χ0v) is 15.8. The van der Waals surface area contributed by atoms with E-state index < -0.39 is 0 Å². The third-order valence-corrected chi connectivity index (χ3v) is 5.86. The fourth-order valence-electron chi connectivity index (χ4n) is 4.23. The first kappa shape index (κ1) is 18.3. The summed E-state index contributed by atoms with van der Waals surface area (Å²) in [6.07, 6.45) is 7.50. The number of aromatic nitrogens is 2. The molecule has 1 spiro atoms. The van der Waals surface area contributed by atoms with Crippen LogP contribution >= 0.6 is 0 Å². The highest BCUT2D eigenvalue weighted by molar-refractivity contribution is 5.27. The molecule has 0 amide bonds. The zero-order valence-electron chi connectivity index (χ0n) is 15.8. The maximum absolute atomic E-state index is 13.6. The summed E-state index contributed by atoms with van der Waals surface area (Å²) in [6, 6.07) is 7.23. The summed E-state index contributed by atoms with van der Waals surface area (Å²) in [5.74, 6) is 0.537. The number of nitrogens with one attached hydrogen (secondary N) is 1. The quantitative estimate of drug-likeness (QED) is 0.892. The summed E-state index contributed by atoms with van der Waals surface area (Å²) < 4.78 is 19.8. The Balaban J connectivity index is 1.34. The molecule has 2 saturated heterocycles. The summed E-state index contributed by atoms with van der Waals surface area (Å²) >= 11 is 0. The molecule has 0 bridgehead atoms. The Hall–Kier alpha value is -2.05. The van der Waals surface area contributed by atoms with Crippen LogP contribution in [0, 0.1) is 12.7 Å². The summed E-state index contributed by atoms with van der Waals surface area (Å²) in [7, 11) is 0. The smallest absolute Gasteiger partial charge is 0.222 e. The van der Waals surface area contributed by atoms with Gasteiger partial charge in [-0.3, -0.25) is 4.90 Å². The van der Waals surface area contributed by atoms with Crippen LogP contribution < -0.4 is 5.32 Å². The Morgan fingerprint density at radius 2 is 2.04 bits per heavy atom. The molecular weight excluding hydrogens is 343 g/mol. The van der Waals surface area contributed by atoms with Crippen LogP contribution in [0.5, 0.6) is 0 Å². The Morgan fingerprint density at radius 3 is 2.81 bits per heavy atom. The minimum absolute atomic E-state index is 0.0574. The molecule has 0 unspecified atom stereocenters. The van der Waals surface area contributed by atoms with Gasteiger partial charge in [0.15, 0.2) is 0 Å². The van der Waals surface area contributed by atoms with Gasteiger partial charge in [0, 0.05) is 44.7 Å². The highest BCUT2D eigenvalue weighted by atomic mass is 19.1. The molecule has 6 heteroatoms. The number of hydrogen-bond donors (Lipinski definition) is 1. The Labute approximate surface area is 160 Å². The van der Waals surface area contributed by atoms with E-state index in [1.165, 1.54) is 6.07 Å². The maximum Gasteiger partial charge on any atom is 0.222 e. The van der Waals surface area contributed by atoms with E-state index in [2.05, 4.69) is 20.2 Å². The lowest BCUT2D eigenvalue weighted by Crippen LogP contribution is -2.51. The fourth-order valence-corrected chi connectivity index (χ4v) is 4.23. The topological polar surface area (TPSA) is 50.3 Å². The molecule has 4 rings (SSSR count). The second-order valence-corrected chi connectivity index (χ2v) is 7.78. The van der Waals surface area contributed by atoms with Crippen molar-refractivity contribution in [3.8, 4) is 0 Å². The van der Waals surface area contributed by atoms with E-state index >= 15 is 0 Å². The summed E-state index contributed by atoms with van der Waals surface area (Å²) in [5, 5.41) is 3.46. The minimum Gasteiger partial charge on any atom is -0.375 e. The predicted molar refractivity (Wildman–Crippen MR) is 103 cm³/mol. The Morgan fingerprint density at radius 1 is 1.26 bits per heavy atom. The number of aryl methyl sites for hydroxylation is 1. The zero-order chi connectivity index (χ0) is 18.7. The number of likely N-dealkylation sites (tertiary alicyclic amines) is 1. The SMILES string of the molecule is Cc1ccc(F)cc1CN1CCC2(CC1)C[C@@H](Nc1ncccn1)CCO2. The van der Waals surface area contributed by atoms with Crippen LogP contribution in [0.4, 0.5) is 10.3 Å². The van der Waals surface area contributed by atoms with Crippen LogP contribution in [0.2, 0.25) is 0 Å². The van der Waals surface area contributed by atoms with Crippen LogP contribution in [0.15, 0.2) is 36.7 Å². The molecule has 1 aromatic heterocycles. The summed E-state index contributed by atoms with van der Waals surface area (Å²) in [5.41, 5.74) is 2.17. The first-order valence-corrected chi connectivity index (χ1v) is 9.77. The van der Waals surface area contributed by atoms with Gasteiger partial charge in [-0.15, -0.1) is 0 Å². The number of ether oxygens (including phenoxy) is 1. The van der Waals surface area contributed by atoms with E-state index in [0.717, 1.165) is 63.1 Å². The normalized spacial score (nSPS) is 22.7. The van der Waals surface area contributed by atoms with Crippen LogP contribution in [0.25, 0.3) is 0 Å². The van der Waals surface area contributed by atoms with E-state index in [1.54, 1.807) is 18.5 Å². The van der Waals surface area contributed by atoms with Gasteiger partial charge in [0.05, 0.1) is 5.60 Å². The molecule has 0 radical (unpaired) electrons. The molecule has 2 aliphatic rings. The van der Waals surface area contributed by atoms with Gasteiger partial charge in [-0.1, -0.05) is 6.07 Å². The lowest BCUT2D eigenvalue weighted by atomic mass is 9.82. The number of nitrogens with zero attached hydrogens (tertiary/aromatic N) is 3. The molecule has 5 nitrogen and oxygen atoms in total. The molecule has 1 atom stereocenters. The lowest BCUT2D eigenvalue weighted by molar-refractivity contribution is -0.115. The number of rotatable bonds is 4. The van der Waals surface area contributed by atoms with Crippen LogP contribution in [0.1, 0.15) is 36.8 Å². The van der Waals surface area contributed by atoms with Gasteiger partial charge in [0.2, 0.25) is 5.95 Å². The Bertz CT molecular complexity index is 762. The molecule has 0 saturated carbocycles. The molecule has 2 fully saturated rings. The highest BCUT2D eigenvalue weighted by Crippen LogP contribution is 2.36. The molecular formula is C21H27FN4O. The second kappa shape index (κ2) is 7.90. The molecule has 0 aliphatic carbocycles.